The van der Waals surface area contributed by atoms with Crippen LogP contribution in [0.15, 0.2) is 11.4 Å². The number of ether oxygens (including phenoxy) is 1. The molecule has 26 heavy (non-hydrogen) atoms. The fraction of sp³-hybridized carbons (Fsp3) is 0.625. The quantitative estimate of drug-likeness (QED) is 0.829. The van der Waals surface area contributed by atoms with Crippen LogP contribution < -0.4 is 5.32 Å². The fourth-order valence-electron chi connectivity index (χ4n) is 3.50. The molecule has 1 saturated heterocycles. The number of rotatable bonds is 3. The molecule has 0 aromatic carbocycles. The minimum atomic E-state index is -4.66. The molecule has 2 N–H and O–H groups in total. The van der Waals surface area contributed by atoms with Crippen molar-refractivity contribution in [2.75, 3.05) is 19.7 Å². The number of aliphatic carboxylic acids is 1. The molecule has 0 bridgehead atoms. The predicted octanol–water partition coefficient (Wildman–Crippen LogP) is 2.65. The maximum atomic E-state index is 13.1. The molecule has 0 saturated carbocycles. The first-order chi connectivity index (χ1) is 12.2. The summed E-state index contributed by atoms with van der Waals surface area (Å²) >= 11 is 1.60. The highest BCUT2D eigenvalue weighted by Gasteiger charge is 2.53. The number of hydrogen-bond donors (Lipinski definition) is 2. The first kappa shape index (κ1) is 19.0. The van der Waals surface area contributed by atoms with Gasteiger partial charge in [0.2, 0.25) is 0 Å². The van der Waals surface area contributed by atoms with Crippen molar-refractivity contribution in [3.05, 3.63) is 21.9 Å². The van der Waals surface area contributed by atoms with Crippen molar-refractivity contribution in [3.8, 4) is 0 Å². The summed E-state index contributed by atoms with van der Waals surface area (Å²) in [5, 5.41) is 13.6. The number of likely N-dealkylation sites (tertiary alicyclic amines) is 1. The minimum absolute atomic E-state index is 0.370. The lowest BCUT2D eigenvalue weighted by molar-refractivity contribution is -0.187. The zero-order valence-electron chi connectivity index (χ0n) is 14.0. The highest BCUT2D eigenvalue weighted by Crippen LogP contribution is 2.38. The predicted molar refractivity (Wildman–Crippen MR) is 87.0 cm³/mol. The number of urea groups is 1. The molecule has 3 heterocycles. The average Bonchev–Trinajstić information content (AvgIpc) is 3.20. The highest BCUT2D eigenvalue weighted by atomic mass is 32.1. The minimum Gasteiger partial charge on any atom is -0.481 e. The van der Waals surface area contributed by atoms with Crippen LogP contribution in [0.4, 0.5) is 18.0 Å². The van der Waals surface area contributed by atoms with Crippen LogP contribution >= 0.6 is 11.3 Å². The summed E-state index contributed by atoms with van der Waals surface area (Å²) in [6, 6.07) is 0.758. The molecule has 1 aromatic heterocycles. The zero-order valence-corrected chi connectivity index (χ0v) is 14.8. The topological polar surface area (TPSA) is 78.9 Å². The van der Waals surface area contributed by atoms with Crippen LogP contribution in [0.5, 0.6) is 0 Å². The van der Waals surface area contributed by atoms with Gasteiger partial charge >= 0.3 is 18.2 Å². The van der Waals surface area contributed by atoms with Crippen LogP contribution in [0.25, 0.3) is 0 Å². The molecule has 1 aromatic rings. The fourth-order valence-corrected chi connectivity index (χ4v) is 4.40. The van der Waals surface area contributed by atoms with Gasteiger partial charge in [0, 0.05) is 24.4 Å². The second kappa shape index (κ2) is 7.07. The van der Waals surface area contributed by atoms with E-state index in [-0.39, 0.29) is 6.10 Å². The molecule has 144 valence electrons. The van der Waals surface area contributed by atoms with Gasteiger partial charge in [0.25, 0.3) is 0 Å². The average molecular weight is 392 g/mol. The number of carbonyl (C=O) groups excluding carboxylic acids is 1. The molecule has 0 radical (unpaired) electrons. The van der Waals surface area contributed by atoms with E-state index < -0.39 is 49.1 Å². The third-order valence-electron chi connectivity index (χ3n) is 4.86. The zero-order chi connectivity index (χ0) is 19.1. The van der Waals surface area contributed by atoms with Crippen molar-refractivity contribution < 1.29 is 32.6 Å². The molecule has 4 atom stereocenters. The van der Waals surface area contributed by atoms with E-state index in [1.807, 2.05) is 11.4 Å². The third-order valence-corrected chi connectivity index (χ3v) is 5.86. The van der Waals surface area contributed by atoms with E-state index >= 15 is 0 Å². The van der Waals surface area contributed by atoms with Crippen molar-refractivity contribution in [2.24, 2.45) is 11.8 Å². The molecule has 0 spiro atoms. The molecule has 0 aliphatic carbocycles. The van der Waals surface area contributed by atoms with E-state index in [0.717, 1.165) is 16.9 Å². The molecular weight excluding hydrogens is 373 g/mol. The summed E-state index contributed by atoms with van der Waals surface area (Å²) in [4.78, 5) is 25.6. The molecule has 3 rings (SSSR count). The van der Waals surface area contributed by atoms with Gasteiger partial charge in [0.05, 0.1) is 24.5 Å². The number of amides is 2. The van der Waals surface area contributed by atoms with Gasteiger partial charge in [0.1, 0.15) is 6.10 Å². The molecular formula is C16H19F3N2O4S. The van der Waals surface area contributed by atoms with Crippen molar-refractivity contribution in [2.45, 2.75) is 31.7 Å². The van der Waals surface area contributed by atoms with Crippen molar-refractivity contribution in [1.29, 1.82) is 0 Å². The number of nitrogens with zero attached hydrogens (tertiary/aromatic N) is 1. The number of carboxylic acids is 1. The molecule has 2 aliphatic heterocycles. The van der Waals surface area contributed by atoms with Crippen LogP contribution in [0.3, 0.4) is 0 Å². The Morgan fingerprint density at radius 2 is 2.15 bits per heavy atom. The van der Waals surface area contributed by atoms with E-state index in [9.17, 15) is 22.8 Å². The second-order valence-electron chi connectivity index (χ2n) is 6.58. The van der Waals surface area contributed by atoms with Crippen molar-refractivity contribution in [1.82, 2.24) is 10.2 Å². The van der Waals surface area contributed by atoms with Crippen molar-refractivity contribution in [3.63, 3.8) is 0 Å². The standard InChI is InChI=1S/C16H19F3N2O4S/c1-8(13-9-3-5-26-12(9)2-4-25-13)20-15(24)21-6-10(14(22)23)11(7-21)16(17,18)19/h3,5,8,10-11,13H,2,4,6-7H2,1H3,(H,20,24)(H,22,23)/t8?,10-,11-,13?/m1/s1. The summed E-state index contributed by atoms with van der Waals surface area (Å²) in [6.45, 7) is 1.11. The first-order valence-electron chi connectivity index (χ1n) is 8.21. The van der Waals surface area contributed by atoms with Crippen LogP contribution in [0.2, 0.25) is 0 Å². The summed E-state index contributed by atoms with van der Waals surface area (Å²) in [5.74, 6) is -5.25. The van der Waals surface area contributed by atoms with Gasteiger partial charge in [-0.1, -0.05) is 0 Å². The Bertz CT molecular complexity index is 693. The maximum Gasteiger partial charge on any atom is 0.394 e. The second-order valence-corrected chi connectivity index (χ2v) is 7.58. The van der Waals surface area contributed by atoms with E-state index in [2.05, 4.69) is 5.32 Å². The smallest absolute Gasteiger partial charge is 0.394 e. The van der Waals surface area contributed by atoms with Crippen LogP contribution in [0, 0.1) is 11.8 Å². The molecule has 10 heteroatoms. The SMILES string of the molecule is CC(NC(=O)N1C[C@@H](C(F)(F)F)[C@H](C(=O)O)C1)C1OCCc2sccc21. The van der Waals surface area contributed by atoms with E-state index in [0.29, 0.717) is 6.61 Å². The van der Waals surface area contributed by atoms with E-state index in [1.165, 1.54) is 4.88 Å². The van der Waals surface area contributed by atoms with Crippen LogP contribution in [0.1, 0.15) is 23.5 Å². The molecule has 2 amide bonds. The normalized spacial score (nSPS) is 27.1. The Balaban J connectivity index is 1.66. The van der Waals surface area contributed by atoms with Gasteiger partial charge in [-0.15, -0.1) is 11.3 Å². The van der Waals surface area contributed by atoms with Gasteiger partial charge in [0.15, 0.2) is 0 Å². The Kier molecular flexibility index (Phi) is 5.16. The molecule has 1 fully saturated rings. The number of fused-ring (bicyclic) bond motifs is 1. The highest BCUT2D eigenvalue weighted by molar-refractivity contribution is 7.10. The van der Waals surface area contributed by atoms with Gasteiger partial charge in [-0.05, 0) is 23.9 Å². The first-order valence-corrected chi connectivity index (χ1v) is 9.09. The summed E-state index contributed by atoms with van der Waals surface area (Å²) < 4.78 is 44.9. The Morgan fingerprint density at radius 1 is 1.42 bits per heavy atom. The number of carbonyl (C=O) groups is 2. The third kappa shape index (κ3) is 3.66. The van der Waals surface area contributed by atoms with Crippen LogP contribution in [-0.4, -0.2) is 53.9 Å². The largest absolute Gasteiger partial charge is 0.481 e. The lowest BCUT2D eigenvalue weighted by Crippen LogP contribution is -2.46. The molecule has 2 aliphatic rings. The maximum absolute atomic E-state index is 13.1. The number of nitrogens with one attached hydrogen (secondary N) is 1. The number of alkyl halides is 3. The van der Waals surface area contributed by atoms with Gasteiger partial charge in [-0.2, -0.15) is 13.2 Å². The van der Waals surface area contributed by atoms with Gasteiger partial charge in [-0.3, -0.25) is 4.79 Å². The van der Waals surface area contributed by atoms with Gasteiger partial charge in [-0.25, -0.2) is 4.79 Å². The number of hydrogen-bond acceptors (Lipinski definition) is 4. The molecule has 2 unspecified atom stereocenters. The van der Waals surface area contributed by atoms with Crippen LogP contribution in [-0.2, 0) is 16.0 Å². The summed E-state index contributed by atoms with van der Waals surface area (Å²) in [7, 11) is 0. The summed E-state index contributed by atoms with van der Waals surface area (Å²) in [6.07, 6.45) is -4.24. The molecule has 6 nitrogen and oxygen atoms in total. The number of halogens is 3. The van der Waals surface area contributed by atoms with Gasteiger partial charge < -0.3 is 20.1 Å². The Hall–Kier alpha value is -1.81. The number of carboxylic acid groups (broad SMARTS) is 1. The lowest BCUT2D eigenvalue weighted by atomic mass is 9.96. The Labute approximate surface area is 151 Å². The van der Waals surface area contributed by atoms with E-state index in [4.69, 9.17) is 9.84 Å². The van der Waals surface area contributed by atoms with Crippen molar-refractivity contribution >= 4 is 23.3 Å². The number of thiophene rings is 1. The lowest BCUT2D eigenvalue weighted by Gasteiger charge is -2.30. The monoisotopic (exact) mass is 392 g/mol. The Morgan fingerprint density at radius 3 is 2.77 bits per heavy atom. The van der Waals surface area contributed by atoms with E-state index in [1.54, 1.807) is 18.3 Å². The summed E-state index contributed by atoms with van der Waals surface area (Å²) in [5.41, 5.74) is 0.979.